The van der Waals surface area contributed by atoms with Crippen molar-refractivity contribution in [1.29, 1.82) is 0 Å². The number of rotatable bonds is 3. The Balaban J connectivity index is 0.951. The van der Waals surface area contributed by atoms with E-state index in [4.69, 9.17) is 21.2 Å². The van der Waals surface area contributed by atoms with Crippen LogP contribution in [0.3, 0.4) is 0 Å². The molecule has 378 valence electrons. The first-order valence-corrected chi connectivity index (χ1v) is 28.5. The van der Waals surface area contributed by atoms with Crippen LogP contribution in [-0.4, -0.2) is 51.6 Å². The van der Waals surface area contributed by atoms with Crippen LogP contribution in [0.4, 0.5) is 102 Å². The van der Waals surface area contributed by atoms with Crippen molar-refractivity contribution >= 4 is 119 Å². The third kappa shape index (κ3) is 6.68. The topological polar surface area (TPSA) is 41.6 Å². The van der Waals surface area contributed by atoms with E-state index in [1.54, 1.807) is 55.6 Å². The Bertz CT molecular complexity index is 4310. The zero-order chi connectivity index (χ0) is 60.9. The van der Waals surface area contributed by atoms with Crippen molar-refractivity contribution in [2.24, 2.45) is 0 Å². The number of nitrogens with zero attached hydrogens (tertiary/aromatic N) is 10. The summed E-state index contributed by atoms with van der Waals surface area (Å²) in [4.78, 5) is 16.9. The third-order valence-corrected chi connectivity index (χ3v) is 19.8. The van der Waals surface area contributed by atoms with Crippen LogP contribution < -0.4 is 53.7 Å². The molecule has 6 aliphatic rings. The second-order valence-electron chi connectivity index (χ2n) is 18.0. The van der Waals surface area contributed by atoms with Crippen LogP contribution in [-0.2, 0) is 35.3 Å². The predicted molar refractivity (Wildman–Crippen MR) is 306 cm³/mol. The van der Waals surface area contributed by atoms with Crippen molar-refractivity contribution in [3.8, 4) is 5.75 Å². The number of benzene rings is 9. The van der Waals surface area contributed by atoms with Gasteiger partial charge in [0.2, 0.25) is 0 Å². The number of para-hydroxylation sites is 8. The van der Waals surface area contributed by atoms with Crippen molar-refractivity contribution < 1.29 is 56.5 Å². The molecule has 0 atom stereocenters. The van der Waals surface area contributed by atoms with Crippen molar-refractivity contribution in [2.75, 3.05) is 84.0 Å². The molecule has 0 saturated heterocycles. The Labute approximate surface area is 475 Å². The van der Waals surface area contributed by atoms with Gasteiger partial charge in [-0.2, -0.15) is 0 Å². The van der Waals surface area contributed by atoms with Gasteiger partial charge in [-0.25, -0.2) is 0 Å². The van der Waals surface area contributed by atoms with Crippen molar-refractivity contribution in [3.05, 3.63) is 212 Å². The molecule has 0 amide bonds. The molecule has 6 heterocycles. The molecule has 0 spiro atoms. The molecule has 8 bridgehead atoms. The second kappa shape index (κ2) is 17.3. The van der Waals surface area contributed by atoms with Crippen LogP contribution in [0, 0.1) is 24.3 Å². The molecule has 0 saturated carbocycles. The Morgan fingerprint density at radius 3 is 0.908 bits per heavy atom. The molecular formula is C63H46N10OPt2-4. The van der Waals surface area contributed by atoms with Gasteiger partial charge in [0.1, 0.15) is 0 Å². The van der Waals surface area contributed by atoms with E-state index in [9.17, 15) is 0 Å². The number of hydrogen-bond donors (Lipinski definition) is 0. The van der Waals surface area contributed by atoms with Gasteiger partial charge in [0, 0.05) is 0 Å². The number of methoxy groups -OCH3 is 1. The molecule has 0 fully saturated rings. The van der Waals surface area contributed by atoms with Gasteiger partial charge in [-0.15, -0.1) is 0 Å². The molecule has 13 heteroatoms. The molecule has 9 aromatic rings. The molecule has 76 heavy (non-hydrogen) atoms. The molecule has 11 nitrogen and oxygen atoms in total. The summed E-state index contributed by atoms with van der Waals surface area (Å²) in [7, 11) is 1.58. The molecule has 0 aliphatic carbocycles. The van der Waals surface area contributed by atoms with Crippen LogP contribution in [0.2, 0.25) is 0 Å². The van der Waals surface area contributed by atoms with Crippen molar-refractivity contribution in [1.82, 2.24) is 0 Å². The minimum absolute atomic E-state index is 0.394. The number of anilines is 18. The summed E-state index contributed by atoms with van der Waals surface area (Å²) in [6.45, 7) is -10.7. The summed E-state index contributed by atoms with van der Waals surface area (Å²) in [5.74, 6) is 0.394. The molecule has 0 aromatic heterocycles. The van der Waals surface area contributed by atoms with Gasteiger partial charge in [-0.1, -0.05) is 0 Å². The fourth-order valence-electron chi connectivity index (χ4n) is 10.4. The van der Waals surface area contributed by atoms with Crippen LogP contribution in [0.15, 0.2) is 188 Å². The van der Waals surface area contributed by atoms with Crippen LogP contribution >= 0.6 is 0 Å². The van der Waals surface area contributed by atoms with E-state index in [1.807, 2.05) is 169 Å². The molecule has 0 radical (unpaired) electrons. The predicted octanol–water partition coefficient (Wildman–Crippen LogP) is 12.7. The quantitative estimate of drug-likeness (QED) is 0.159. The number of fused-ring (bicyclic) bond motifs is 24. The maximum absolute atomic E-state index is 9.04. The number of ether oxygens (including phenoxy) is 1. The summed E-state index contributed by atoms with van der Waals surface area (Å²) < 4.78 is 117. The summed E-state index contributed by atoms with van der Waals surface area (Å²) in [5.41, 5.74) is 9.50. The van der Waals surface area contributed by atoms with Gasteiger partial charge in [0.25, 0.3) is 0 Å². The first-order chi connectivity index (χ1) is 42.2. The van der Waals surface area contributed by atoms with E-state index in [2.05, 4.69) is 24.3 Å². The fraction of sp³-hybridized carbons (Fsp3) is 0.0794. The van der Waals surface area contributed by atoms with E-state index in [-0.39, 0.29) is 0 Å². The van der Waals surface area contributed by atoms with Gasteiger partial charge in [0.05, 0.1) is 0 Å². The average Bonchev–Trinajstić information content (AvgIpc) is 1.86. The van der Waals surface area contributed by atoms with Crippen LogP contribution in [0.1, 0.15) is 16.4 Å². The van der Waals surface area contributed by atoms with E-state index in [0.717, 1.165) is 0 Å². The van der Waals surface area contributed by atoms with Crippen LogP contribution in [0.5, 0.6) is 5.75 Å². The Kier molecular flexibility index (Phi) is 7.82. The molecular weight excluding hydrogens is 1300 g/mol. The molecule has 15 rings (SSSR count). The maximum atomic E-state index is 9.04. The van der Waals surface area contributed by atoms with Crippen molar-refractivity contribution in [2.45, 2.75) is 0 Å². The van der Waals surface area contributed by atoms with E-state index in [1.165, 1.54) is 19.6 Å². The normalized spacial score (nSPS) is 19.0. The van der Waals surface area contributed by atoms with Gasteiger partial charge in [-0.3, -0.25) is 0 Å². The zero-order valence-electron chi connectivity index (χ0n) is 51.9. The Morgan fingerprint density at radius 1 is 0.316 bits per heavy atom. The average molecular weight is 1360 g/mol. The first-order valence-electron chi connectivity index (χ1n) is 30.0. The SMILES string of the molecule is [2H]C([2H])([2H])N1[C]2=[Pt]=[C]3N(c4[c-]c(ccc4)N(c4ccc(N5c6[c-]c(ccc6)N6[C](=[Pt]=[C]7N(c8[c-]c5ccc8)c5ccccc5N7C([2H])([2H])[2H])N(C([2H])([2H])[2H])c5ccccc56)c(OC)c4)c4[c-]c(ccc4)N2c2ccccc21)c1ccccc1N3C([2H])([2H])[2H]. The molecule has 9 aromatic carbocycles. The summed E-state index contributed by atoms with van der Waals surface area (Å²) >= 11 is -3.42. The van der Waals surface area contributed by atoms with Crippen molar-refractivity contribution in [3.63, 3.8) is 0 Å². The first kappa shape index (κ1) is 34.3. The molecule has 0 N–H and O–H groups in total. The van der Waals surface area contributed by atoms with Crippen LogP contribution in [0.25, 0.3) is 0 Å². The standard InChI is InChI=1S/C63H46N10O.2Pt/c1-64-41-68(58-30-10-6-26-54(58)64)45-18-14-22-49(36-45)72(50-23-15-19-46(37-50)69-42-65(2)55-27-7-11-31-59(55)69)53-34-35-62(63(40-53)74-5)73(51-24-16-20-47(38-51)70-43-66(3)56-28-8-12-32-60(56)70)52-25-17-21-48(39-52)71-44-67(4)57-29-9-13-33-61(57)71;;/h6-35,40H,1-5H3;;/q-4;;/i1D3,2D3,3D3,4D3;;. The summed E-state index contributed by atoms with van der Waals surface area (Å²) in [6, 6.07) is 72.2. The zero-order valence-corrected chi connectivity index (χ0v) is 44.5. The minimum atomic E-state index is -2.68. The molecule has 0 unspecified atom stereocenters. The molecule has 6 aliphatic heterocycles. The van der Waals surface area contributed by atoms with E-state index in [0.29, 0.717) is 125 Å². The van der Waals surface area contributed by atoms with E-state index >= 15 is 0 Å². The third-order valence-electron chi connectivity index (χ3n) is 13.7. The van der Waals surface area contributed by atoms with E-state index < -0.39 is 63.2 Å². The second-order valence-corrected chi connectivity index (χ2v) is 23.2. The Morgan fingerprint density at radius 2 is 0.605 bits per heavy atom. The van der Waals surface area contributed by atoms with Gasteiger partial charge >= 0.3 is 478 Å². The monoisotopic (exact) mass is 1360 g/mol. The Hall–Kier alpha value is -8.36. The van der Waals surface area contributed by atoms with Gasteiger partial charge < -0.3 is 0 Å². The summed E-state index contributed by atoms with van der Waals surface area (Å²) in [5, 5.41) is 0. The van der Waals surface area contributed by atoms with Gasteiger partial charge in [-0.05, 0) is 0 Å². The van der Waals surface area contributed by atoms with Gasteiger partial charge in [0.15, 0.2) is 0 Å². The summed E-state index contributed by atoms with van der Waals surface area (Å²) in [6.07, 6.45) is 0. The fourth-order valence-corrected chi connectivity index (χ4v) is 16.6. The number of hydrogen-bond acceptors (Lipinski definition) is 11.